The summed E-state index contributed by atoms with van der Waals surface area (Å²) in [6.07, 6.45) is 0. The van der Waals surface area contributed by atoms with Gasteiger partial charge in [-0.1, -0.05) is 18.2 Å². The second kappa shape index (κ2) is 6.65. The van der Waals surface area contributed by atoms with Crippen molar-refractivity contribution >= 4 is 11.6 Å². The van der Waals surface area contributed by atoms with Crippen molar-refractivity contribution in [3.63, 3.8) is 0 Å². The van der Waals surface area contributed by atoms with Gasteiger partial charge in [-0.15, -0.1) is 0 Å². The zero-order valence-corrected chi connectivity index (χ0v) is 11.8. The van der Waals surface area contributed by atoms with Crippen molar-refractivity contribution in [2.75, 3.05) is 7.11 Å². The van der Waals surface area contributed by atoms with Crippen molar-refractivity contribution < 1.29 is 13.9 Å². The average Bonchev–Trinajstić information content (AvgIpc) is 2.52. The summed E-state index contributed by atoms with van der Waals surface area (Å²) >= 11 is 0. The number of hydrogen-bond acceptors (Lipinski definition) is 3. The van der Waals surface area contributed by atoms with Crippen molar-refractivity contribution in [3.8, 4) is 5.75 Å². The minimum Gasteiger partial charge on any atom is -0.497 e. The second-order valence-electron chi connectivity index (χ2n) is 4.38. The fourth-order valence-corrected chi connectivity index (χ4v) is 1.74. The predicted molar refractivity (Wildman–Crippen MR) is 79.1 cm³/mol. The summed E-state index contributed by atoms with van der Waals surface area (Å²) in [6.45, 7) is 1.76. The third-order valence-electron chi connectivity index (χ3n) is 2.90. The van der Waals surface area contributed by atoms with Crippen LogP contribution in [0, 0.1) is 5.82 Å². The lowest BCUT2D eigenvalue weighted by molar-refractivity contribution is 0.0954. The molecule has 0 heterocycles. The summed E-state index contributed by atoms with van der Waals surface area (Å²) in [5.74, 6) is -0.216. The molecule has 0 fully saturated rings. The molecule has 1 N–H and O–H groups in total. The van der Waals surface area contributed by atoms with Gasteiger partial charge in [-0.05, 0) is 37.3 Å². The van der Waals surface area contributed by atoms with Crippen molar-refractivity contribution in [3.05, 3.63) is 65.5 Å². The first-order valence-electron chi connectivity index (χ1n) is 6.35. The molecule has 0 bridgehead atoms. The van der Waals surface area contributed by atoms with Gasteiger partial charge in [0.15, 0.2) is 0 Å². The second-order valence-corrected chi connectivity index (χ2v) is 4.38. The lowest BCUT2D eigenvalue weighted by atomic mass is 10.1. The number of ether oxygens (including phenoxy) is 1. The first-order valence-corrected chi connectivity index (χ1v) is 6.35. The molecular formula is C16H15FN2O2. The van der Waals surface area contributed by atoms with Crippen molar-refractivity contribution in [2.45, 2.75) is 6.92 Å². The van der Waals surface area contributed by atoms with Gasteiger partial charge in [-0.3, -0.25) is 4.79 Å². The largest absolute Gasteiger partial charge is 0.497 e. The summed E-state index contributed by atoms with van der Waals surface area (Å²) in [4.78, 5) is 11.8. The van der Waals surface area contributed by atoms with Crippen LogP contribution >= 0.6 is 0 Å². The van der Waals surface area contributed by atoms with Gasteiger partial charge < -0.3 is 4.74 Å². The monoisotopic (exact) mass is 286 g/mol. The third-order valence-corrected chi connectivity index (χ3v) is 2.90. The standard InChI is InChI=1S/C16H15FN2O2/c1-11(12-5-4-8-15(10-12)21-2)18-19-16(20)13-6-3-7-14(17)9-13/h3-10H,1-2H3,(H,19,20). The van der Waals surface area contributed by atoms with Gasteiger partial charge in [0.25, 0.3) is 5.91 Å². The summed E-state index contributed by atoms with van der Waals surface area (Å²) in [5, 5.41) is 4.01. The smallest absolute Gasteiger partial charge is 0.271 e. The van der Waals surface area contributed by atoms with E-state index in [9.17, 15) is 9.18 Å². The fraction of sp³-hybridized carbons (Fsp3) is 0.125. The van der Waals surface area contributed by atoms with Crippen molar-refractivity contribution in [1.82, 2.24) is 5.43 Å². The molecule has 4 nitrogen and oxygen atoms in total. The molecule has 108 valence electrons. The predicted octanol–water partition coefficient (Wildman–Crippen LogP) is 2.99. The van der Waals surface area contributed by atoms with Crippen LogP contribution in [0.5, 0.6) is 5.75 Å². The summed E-state index contributed by atoms with van der Waals surface area (Å²) < 4.78 is 18.2. The maximum absolute atomic E-state index is 13.0. The van der Waals surface area contributed by atoms with E-state index in [1.165, 1.54) is 18.2 Å². The normalized spacial score (nSPS) is 11.1. The van der Waals surface area contributed by atoms with Crippen LogP contribution in [0.3, 0.4) is 0 Å². The first kappa shape index (κ1) is 14.7. The Kier molecular flexibility index (Phi) is 4.66. The van der Waals surface area contributed by atoms with Crippen LogP contribution in [0.25, 0.3) is 0 Å². The summed E-state index contributed by atoms with van der Waals surface area (Å²) in [5.41, 5.74) is 4.07. The third kappa shape index (κ3) is 3.89. The van der Waals surface area contributed by atoms with E-state index in [1.54, 1.807) is 14.0 Å². The Morgan fingerprint density at radius 3 is 2.57 bits per heavy atom. The minimum atomic E-state index is -0.462. The maximum Gasteiger partial charge on any atom is 0.271 e. The molecule has 0 aromatic heterocycles. The average molecular weight is 286 g/mol. The van der Waals surface area contributed by atoms with E-state index in [4.69, 9.17) is 4.74 Å². The number of carbonyl (C=O) groups excluding carboxylic acids is 1. The van der Waals surface area contributed by atoms with Gasteiger partial charge in [0.05, 0.1) is 12.8 Å². The molecule has 0 aliphatic carbocycles. The van der Waals surface area contributed by atoms with Crippen molar-refractivity contribution in [1.29, 1.82) is 0 Å². The number of carbonyl (C=O) groups is 1. The Balaban J connectivity index is 2.11. The molecule has 2 rings (SSSR count). The Morgan fingerprint density at radius 1 is 1.14 bits per heavy atom. The topological polar surface area (TPSA) is 50.7 Å². The molecular weight excluding hydrogens is 271 g/mol. The molecule has 5 heteroatoms. The number of methoxy groups -OCH3 is 1. The van der Waals surface area contributed by atoms with Crippen LogP contribution in [0.15, 0.2) is 53.6 Å². The van der Waals surface area contributed by atoms with Gasteiger partial charge in [0.1, 0.15) is 11.6 Å². The van der Waals surface area contributed by atoms with Gasteiger partial charge in [-0.25, -0.2) is 9.82 Å². The van der Waals surface area contributed by atoms with Gasteiger partial charge >= 0.3 is 0 Å². The SMILES string of the molecule is COc1cccc(C(C)=NNC(=O)c2cccc(F)c2)c1. The van der Waals surface area contributed by atoms with Crippen LogP contribution in [-0.4, -0.2) is 18.7 Å². The van der Waals surface area contributed by atoms with Crippen LogP contribution in [0.2, 0.25) is 0 Å². The molecule has 0 aliphatic heterocycles. The lowest BCUT2D eigenvalue weighted by Crippen LogP contribution is -2.19. The van der Waals surface area contributed by atoms with E-state index in [-0.39, 0.29) is 5.56 Å². The number of benzene rings is 2. The number of halogens is 1. The summed E-state index contributed by atoms with van der Waals surface area (Å²) in [7, 11) is 1.58. The highest BCUT2D eigenvalue weighted by Crippen LogP contribution is 2.13. The summed E-state index contributed by atoms with van der Waals surface area (Å²) in [6, 6.07) is 12.8. The Bertz CT molecular complexity index is 683. The number of amides is 1. The Hall–Kier alpha value is -2.69. The molecule has 1 amide bonds. The highest BCUT2D eigenvalue weighted by Gasteiger charge is 2.06. The molecule has 0 saturated heterocycles. The number of nitrogens with one attached hydrogen (secondary N) is 1. The van der Waals surface area contributed by atoms with Crippen LogP contribution in [0.1, 0.15) is 22.8 Å². The van der Waals surface area contributed by atoms with E-state index >= 15 is 0 Å². The van der Waals surface area contributed by atoms with Gasteiger partial charge in [-0.2, -0.15) is 5.10 Å². The molecule has 2 aromatic carbocycles. The van der Waals surface area contributed by atoms with Gasteiger partial charge in [0, 0.05) is 11.1 Å². The number of nitrogens with zero attached hydrogens (tertiary/aromatic N) is 1. The zero-order valence-electron chi connectivity index (χ0n) is 11.8. The lowest BCUT2D eigenvalue weighted by Gasteiger charge is -2.05. The maximum atomic E-state index is 13.0. The minimum absolute atomic E-state index is 0.220. The van der Waals surface area contributed by atoms with E-state index in [0.717, 1.165) is 11.6 Å². The Labute approximate surface area is 122 Å². The first-order chi connectivity index (χ1) is 10.1. The zero-order chi connectivity index (χ0) is 15.2. The van der Waals surface area contributed by atoms with Crippen LogP contribution in [-0.2, 0) is 0 Å². The van der Waals surface area contributed by atoms with Crippen LogP contribution < -0.4 is 10.2 Å². The quantitative estimate of drug-likeness (QED) is 0.694. The molecule has 0 aliphatic rings. The molecule has 0 unspecified atom stereocenters. The van der Waals surface area contributed by atoms with E-state index in [1.807, 2.05) is 24.3 Å². The number of hydrogen-bond donors (Lipinski definition) is 1. The van der Waals surface area contributed by atoms with E-state index in [0.29, 0.717) is 11.5 Å². The molecule has 21 heavy (non-hydrogen) atoms. The molecule has 0 saturated carbocycles. The molecule has 2 aromatic rings. The Morgan fingerprint density at radius 2 is 1.86 bits per heavy atom. The van der Waals surface area contributed by atoms with Crippen molar-refractivity contribution in [2.24, 2.45) is 5.10 Å². The van der Waals surface area contributed by atoms with E-state index in [2.05, 4.69) is 10.5 Å². The van der Waals surface area contributed by atoms with Crippen LogP contribution in [0.4, 0.5) is 4.39 Å². The van der Waals surface area contributed by atoms with Gasteiger partial charge in [0.2, 0.25) is 0 Å². The number of hydrazone groups is 1. The highest BCUT2D eigenvalue weighted by atomic mass is 19.1. The fourth-order valence-electron chi connectivity index (χ4n) is 1.74. The number of rotatable bonds is 4. The molecule has 0 atom stereocenters. The molecule has 0 radical (unpaired) electrons. The highest BCUT2D eigenvalue weighted by molar-refractivity contribution is 6.01. The molecule has 0 spiro atoms. The van der Waals surface area contributed by atoms with E-state index < -0.39 is 11.7 Å².